The van der Waals surface area contributed by atoms with Crippen LogP contribution in [0.2, 0.25) is 5.02 Å². The second-order valence-corrected chi connectivity index (χ2v) is 9.42. The highest BCUT2D eigenvalue weighted by molar-refractivity contribution is 7.94. The van der Waals surface area contributed by atoms with Crippen molar-refractivity contribution in [2.75, 3.05) is 4.72 Å². The smallest absolute Gasteiger partial charge is 0.335 e. The van der Waals surface area contributed by atoms with Gasteiger partial charge in [-0.25, -0.2) is 13.2 Å². The van der Waals surface area contributed by atoms with Crippen molar-refractivity contribution >= 4 is 50.5 Å². The van der Waals surface area contributed by atoms with Crippen molar-refractivity contribution in [3.63, 3.8) is 0 Å². The molecule has 1 aromatic heterocycles. The van der Waals surface area contributed by atoms with E-state index in [2.05, 4.69) is 10.0 Å². The SMILES string of the molecule is O=C(O)c1cccc(NS(=O)(=O)c2ccc(CNC(=O)c3ccc(Cl)cc3)s2)c1. The predicted octanol–water partition coefficient (Wildman–Crippen LogP) is 3.83. The number of nitrogens with one attached hydrogen (secondary N) is 2. The van der Waals surface area contributed by atoms with Crippen molar-refractivity contribution < 1.29 is 23.1 Å². The first kappa shape index (κ1) is 20.8. The Morgan fingerprint density at radius 3 is 2.41 bits per heavy atom. The zero-order valence-electron chi connectivity index (χ0n) is 14.8. The van der Waals surface area contributed by atoms with Crippen LogP contribution in [0.15, 0.2) is 64.9 Å². The standard InChI is InChI=1S/C19H15ClN2O5S2/c20-14-6-4-12(5-7-14)18(23)21-11-16-8-9-17(28-16)29(26,27)22-15-3-1-2-13(10-15)19(24)25/h1-10,22H,11H2,(H,21,23)(H,24,25). The number of carbonyl (C=O) groups is 2. The zero-order valence-corrected chi connectivity index (χ0v) is 17.1. The van der Waals surface area contributed by atoms with Gasteiger partial charge in [0.05, 0.1) is 12.1 Å². The van der Waals surface area contributed by atoms with Gasteiger partial charge in [-0.2, -0.15) is 0 Å². The lowest BCUT2D eigenvalue weighted by Gasteiger charge is -2.07. The predicted molar refractivity (Wildman–Crippen MR) is 111 cm³/mol. The van der Waals surface area contributed by atoms with Crippen molar-refractivity contribution in [2.45, 2.75) is 10.8 Å². The number of thiophene rings is 1. The van der Waals surface area contributed by atoms with Gasteiger partial charge in [0.2, 0.25) is 0 Å². The summed E-state index contributed by atoms with van der Waals surface area (Å²) in [5.74, 6) is -1.45. The molecule has 0 spiro atoms. The third-order valence-corrected chi connectivity index (χ3v) is 7.00. The summed E-state index contributed by atoms with van der Waals surface area (Å²) in [5.41, 5.74) is 0.566. The maximum atomic E-state index is 12.5. The lowest BCUT2D eigenvalue weighted by Crippen LogP contribution is -2.22. The molecule has 0 aliphatic rings. The van der Waals surface area contributed by atoms with Crippen molar-refractivity contribution in [2.24, 2.45) is 0 Å². The fourth-order valence-electron chi connectivity index (χ4n) is 2.39. The van der Waals surface area contributed by atoms with E-state index in [9.17, 15) is 18.0 Å². The molecule has 150 valence electrons. The molecule has 0 radical (unpaired) electrons. The number of sulfonamides is 1. The first-order valence-corrected chi connectivity index (χ1v) is 10.9. The number of carboxylic acid groups (broad SMARTS) is 1. The fraction of sp³-hybridized carbons (Fsp3) is 0.0526. The third-order valence-electron chi connectivity index (χ3n) is 3.79. The van der Waals surface area contributed by atoms with Gasteiger partial charge in [0, 0.05) is 21.2 Å². The van der Waals surface area contributed by atoms with Gasteiger partial charge < -0.3 is 10.4 Å². The number of halogens is 1. The Hall–Kier alpha value is -2.88. The maximum absolute atomic E-state index is 12.5. The Kier molecular flexibility index (Phi) is 6.21. The minimum Gasteiger partial charge on any atom is -0.478 e. The summed E-state index contributed by atoms with van der Waals surface area (Å²) in [6, 6.07) is 15.0. The molecular formula is C19H15ClN2O5S2. The molecule has 0 bridgehead atoms. The average Bonchev–Trinajstić information content (AvgIpc) is 3.16. The number of hydrogen-bond donors (Lipinski definition) is 3. The molecule has 0 unspecified atom stereocenters. The lowest BCUT2D eigenvalue weighted by atomic mass is 10.2. The molecule has 1 amide bonds. The van der Waals surface area contributed by atoms with Gasteiger partial charge in [-0.3, -0.25) is 9.52 Å². The van der Waals surface area contributed by atoms with Gasteiger partial charge >= 0.3 is 5.97 Å². The number of carbonyl (C=O) groups excluding carboxylic acids is 1. The van der Waals surface area contributed by atoms with Crippen LogP contribution in [-0.2, 0) is 16.6 Å². The van der Waals surface area contributed by atoms with Crippen molar-refractivity contribution in [1.29, 1.82) is 0 Å². The number of hydrogen-bond acceptors (Lipinski definition) is 5. The van der Waals surface area contributed by atoms with E-state index < -0.39 is 16.0 Å². The zero-order chi connectivity index (χ0) is 21.0. The number of rotatable bonds is 7. The summed E-state index contributed by atoms with van der Waals surface area (Å²) in [6.45, 7) is 0.163. The highest BCUT2D eigenvalue weighted by atomic mass is 35.5. The molecular weight excluding hydrogens is 436 g/mol. The topological polar surface area (TPSA) is 113 Å². The summed E-state index contributed by atoms with van der Waals surface area (Å²) in [7, 11) is -3.88. The first-order chi connectivity index (χ1) is 13.7. The second kappa shape index (κ2) is 8.64. The van der Waals surface area contributed by atoms with Crippen LogP contribution in [0.4, 0.5) is 5.69 Å². The Morgan fingerprint density at radius 2 is 1.72 bits per heavy atom. The van der Waals surface area contributed by atoms with Crippen LogP contribution in [0.1, 0.15) is 25.6 Å². The molecule has 0 aliphatic carbocycles. The van der Waals surface area contributed by atoms with Gasteiger partial charge in [0.1, 0.15) is 4.21 Å². The highest BCUT2D eigenvalue weighted by Crippen LogP contribution is 2.24. The molecule has 10 heteroatoms. The van der Waals surface area contributed by atoms with E-state index in [0.29, 0.717) is 15.5 Å². The summed E-state index contributed by atoms with van der Waals surface area (Å²) in [5, 5.41) is 12.3. The van der Waals surface area contributed by atoms with Gasteiger partial charge in [0.25, 0.3) is 15.9 Å². The van der Waals surface area contributed by atoms with Gasteiger partial charge in [-0.05, 0) is 54.6 Å². The molecule has 29 heavy (non-hydrogen) atoms. The molecule has 2 aromatic carbocycles. The van der Waals surface area contributed by atoms with Crippen LogP contribution in [0.5, 0.6) is 0 Å². The van der Waals surface area contributed by atoms with Crippen LogP contribution in [-0.4, -0.2) is 25.4 Å². The number of aromatic carboxylic acids is 1. The second-order valence-electron chi connectivity index (χ2n) is 5.90. The summed E-state index contributed by atoms with van der Waals surface area (Å²) < 4.78 is 27.5. The molecule has 1 heterocycles. The maximum Gasteiger partial charge on any atom is 0.335 e. The van der Waals surface area contributed by atoms with E-state index in [-0.39, 0.29) is 27.9 Å². The van der Waals surface area contributed by atoms with E-state index in [1.54, 1.807) is 30.3 Å². The molecule has 7 nitrogen and oxygen atoms in total. The molecule has 0 fully saturated rings. The Morgan fingerprint density at radius 1 is 1.00 bits per heavy atom. The number of carboxylic acids is 1. The molecule has 3 aromatic rings. The van der Waals surface area contributed by atoms with Crippen LogP contribution in [0, 0.1) is 0 Å². The molecule has 3 N–H and O–H groups in total. The quantitative estimate of drug-likeness (QED) is 0.506. The van der Waals surface area contributed by atoms with E-state index in [1.165, 1.54) is 30.3 Å². The number of anilines is 1. The van der Waals surface area contributed by atoms with E-state index in [1.807, 2.05) is 0 Å². The van der Waals surface area contributed by atoms with Crippen molar-refractivity contribution in [1.82, 2.24) is 5.32 Å². The van der Waals surface area contributed by atoms with E-state index in [4.69, 9.17) is 16.7 Å². The van der Waals surface area contributed by atoms with Crippen LogP contribution in [0.3, 0.4) is 0 Å². The molecule has 0 aliphatic heterocycles. The molecule has 0 saturated heterocycles. The van der Waals surface area contributed by atoms with Crippen LogP contribution in [0.25, 0.3) is 0 Å². The monoisotopic (exact) mass is 450 g/mol. The molecule has 0 saturated carbocycles. The average molecular weight is 451 g/mol. The number of benzene rings is 2. The normalized spacial score (nSPS) is 11.1. The fourth-order valence-corrected chi connectivity index (χ4v) is 4.86. The van der Waals surface area contributed by atoms with Crippen LogP contribution < -0.4 is 10.0 Å². The van der Waals surface area contributed by atoms with Crippen molar-refractivity contribution in [3.05, 3.63) is 81.7 Å². The summed E-state index contributed by atoms with van der Waals surface area (Å²) in [4.78, 5) is 23.8. The lowest BCUT2D eigenvalue weighted by molar-refractivity contribution is 0.0696. The number of amides is 1. The van der Waals surface area contributed by atoms with Crippen molar-refractivity contribution in [3.8, 4) is 0 Å². The third kappa shape index (κ3) is 5.35. The van der Waals surface area contributed by atoms with E-state index >= 15 is 0 Å². The minimum absolute atomic E-state index is 0.0259. The summed E-state index contributed by atoms with van der Waals surface area (Å²) >= 11 is 6.80. The van der Waals surface area contributed by atoms with Gasteiger partial charge in [-0.15, -0.1) is 11.3 Å². The minimum atomic E-state index is -3.88. The van der Waals surface area contributed by atoms with E-state index in [0.717, 1.165) is 11.3 Å². The molecule has 0 atom stereocenters. The largest absolute Gasteiger partial charge is 0.478 e. The first-order valence-electron chi connectivity index (χ1n) is 8.23. The van der Waals surface area contributed by atoms with Gasteiger partial charge in [-0.1, -0.05) is 17.7 Å². The highest BCUT2D eigenvalue weighted by Gasteiger charge is 2.18. The van der Waals surface area contributed by atoms with Gasteiger partial charge in [0.15, 0.2) is 0 Å². The Bertz CT molecular complexity index is 1160. The summed E-state index contributed by atoms with van der Waals surface area (Å²) in [6.07, 6.45) is 0. The van der Waals surface area contributed by atoms with Crippen LogP contribution >= 0.6 is 22.9 Å². The molecule has 3 rings (SSSR count). The Balaban J connectivity index is 1.66. The Labute approximate surface area is 176 Å².